The highest BCUT2D eigenvalue weighted by atomic mass is 79.9. The number of fused-ring (bicyclic) bond motifs is 1. The van der Waals surface area contributed by atoms with Crippen molar-refractivity contribution in [3.63, 3.8) is 0 Å². The van der Waals surface area contributed by atoms with E-state index in [1.807, 2.05) is 0 Å². The molecule has 104 valence electrons. The third kappa shape index (κ3) is 3.41. The summed E-state index contributed by atoms with van der Waals surface area (Å²) in [7, 11) is 0. The molecule has 1 atom stereocenters. The van der Waals surface area contributed by atoms with E-state index in [0.717, 1.165) is 12.0 Å². The van der Waals surface area contributed by atoms with Gasteiger partial charge < -0.3 is 5.32 Å². The van der Waals surface area contributed by atoms with Crippen LogP contribution in [0.4, 0.5) is 0 Å². The van der Waals surface area contributed by atoms with E-state index in [0.29, 0.717) is 6.04 Å². The number of benzene rings is 1. The monoisotopic (exact) mass is 321 g/mol. The summed E-state index contributed by atoms with van der Waals surface area (Å²) in [5.41, 5.74) is 3.10. The third-order valence-electron chi connectivity index (χ3n) is 4.88. The minimum absolute atomic E-state index is 0.701. The molecule has 2 aliphatic rings. The molecule has 1 nitrogen and oxygen atoms in total. The average molecular weight is 322 g/mol. The van der Waals surface area contributed by atoms with Gasteiger partial charge in [0, 0.05) is 16.6 Å². The fourth-order valence-electron chi connectivity index (χ4n) is 3.63. The highest BCUT2D eigenvalue weighted by Crippen LogP contribution is 2.27. The van der Waals surface area contributed by atoms with Crippen molar-refractivity contribution >= 4 is 15.9 Å². The smallest absolute Gasteiger partial charge is 0.0178 e. The maximum atomic E-state index is 3.92. The standard InChI is InChI=1S/C17H24BrN/c1-12-2-7-16(8-3-12)19-17-9-5-13-10-15(18)6-4-14(13)11-17/h4,6,10,12,16-17,19H,2-3,5,7-9,11H2,1H3. The molecule has 1 aromatic carbocycles. The Morgan fingerprint density at radius 2 is 1.79 bits per heavy atom. The van der Waals surface area contributed by atoms with E-state index in [2.05, 4.69) is 46.4 Å². The quantitative estimate of drug-likeness (QED) is 0.847. The zero-order valence-electron chi connectivity index (χ0n) is 11.8. The van der Waals surface area contributed by atoms with Crippen LogP contribution < -0.4 is 5.32 Å². The van der Waals surface area contributed by atoms with Crippen molar-refractivity contribution in [2.75, 3.05) is 0 Å². The first-order valence-corrected chi connectivity index (χ1v) is 8.53. The molecule has 2 aliphatic carbocycles. The van der Waals surface area contributed by atoms with Gasteiger partial charge in [0.15, 0.2) is 0 Å². The Balaban J connectivity index is 1.58. The number of aryl methyl sites for hydroxylation is 1. The van der Waals surface area contributed by atoms with Gasteiger partial charge in [0.2, 0.25) is 0 Å². The van der Waals surface area contributed by atoms with Crippen molar-refractivity contribution in [2.24, 2.45) is 5.92 Å². The third-order valence-corrected chi connectivity index (χ3v) is 5.38. The average Bonchev–Trinajstić information content (AvgIpc) is 2.42. The summed E-state index contributed by atoms with van der Waals surface area (Å²) < 4.78 is 1.22. The molecule has 1 aromatic rings. The van der Waals surface area contributed by atoms with Crippen LogP contribution in [0.15, 0.2) is 22.7 Å². The molecule has 0 aromatic heterocycles. The first-order valence-electron chi connectivity index (χ1n) is 7.74. The minimum Gasteiger partial charge on any atom is -0.311 e. The molecule has 1 N–H and O–H groups in total. The Morgan fingerprint density at radius 1 is 1.00 bits per heavy atom. The van der Waals surface area contributed by atoms with E-state index in [1.165, 1.54) is 49.4 Å². The van der Waals surface area contributed by atoms with Gasteiger partial charge in [-0.1, -0.05) is 28.9 Å². The summed E-state index contributed by atoms with van der Waals surface area (Å²) >= 11 is 3.58. The van der Waals surface area contributed by atoms with Crippen LogP contribution in [-0.4, -0.2) is 12.1 Å². The van der Waals surface area contributed by atoms with Crippen LogP contribution in [0.3, 0.4) is 0 Å². The van der Waals surface area contributed by atoms with Crippen LogP contribution in [0.1, 0.15) is 50.2 Å². The molecule has 0 aliphatic heterocycles. The van der Waals surface area contributed by atoms with Crippen molar-refractivity contribution in [2.45, 2.75) is 64.0 Å². The lowest BCUT2D eigenvalue weighted by Crippen LogP contribution is -2.43. The highest BCUT2D eigenvalue weighted by Gasteiger charge is 2.24. The first kappa shape index (κ1) is 13.6. The summed E-state index contributed by atoms with van der Waals surface area (Å²) in [6.45, 7) is 2.39. The van der Waals surface area contributed by atoms with Crippen LogP contribution >= 0.6 is 15.9 Å². The lowest BCUT2D eigenvalue weighted by molar-refractivity contribution is 0.277. The molecule has 0 amide bonds. The van der Waals surface area contributed by atoms with E-state index >= 15 is 0 Å². The molecular weight excluding hydrogens is 298 g/mol. The van der Waals surface area contributed by atoms with Gasteiger partial charge in [-0.15, -0.1) is 0 Å². The molecule has 3 rings (SSSR count). The van der Waals surface area contributed by atoms with Crippen LogP contribution in [0.5, 0.6) is 0 Å². The summed E-state index contributed by atoms with van der Waals surface area (Å²) in [4.78, 5) is 0. The Hall–Kier alpha value is -0.340. The lowest BCUT2D eigenvalue weighted by atomic mass is 9.84. The predicted octanol–water partition coefficient (Wildman–Crippen LogP) is 4.47. The van der Waals surface area contributed by atoms with Gasteiger partial charge in [-0.25, -0.2) is 0 Å². The SMILES string of the molecule is CC1CCC(NC2CCc3cc(Br)ccc3C2)CC1. The van der Waals surface area contributed by atoms with Crippen molar-refractivity contribution in [1.29, 1.82) is 0 Å². The predicted molar refractivity (Wildman–Crippen MR) is 84.5 cm³/mol. The molecule has 0 radical (unpaired) electrons. The number of halogens is 1. The molecule has 1 saturated carbocycles. The van der Waals surface area contributed by atoms with Crippen LogP contribution in [0.25, 0.3) is 0 Å². The fourth-order valence-corrected chi connectivity index (χ4v) is 4.03. The first-order chi connectivity index (χ1) is 9.20. The highest BCUT2D eigenvalue weighted by molar-refractivity contribution is 9.10. The van der Waals surface area contributed by atoms with Crippen LogP contribution in [0, 0.1) is 5.92 Å². The van der Waals surface area contributed by atoms with E-state index in [-0.39, 0.29) is 0 Å². The van der Waals surface area contributed by atoms with Gasteiger partial charge in [-0.05, 0) is 74.1 Å². The maximum Gasteiger partial charge on any atom is 0.0178 e. The van der Waals surface area contributed by atoms with Crippen molar-refractivity contribution in [3.8, 4) is 0 Å². The molecule has 1 unspecified atom stereocenters. The Kier molecular flexibility index (Phi) is 4.28. The number of hydrogen-bond donors (Lipinski definition) is 1. The summed E-state index contributed by atoms with van der Waals surface area (Å²) in [5, 5.41) is 3.92. The van der Waals surface area contributed by atoms with Crippen molar-refractivity contribution in [1.82, 2.24) is 5.32 Å². The second-order valence-corrected chi connectivity index (χ2v) is 7.39. The van der Waals surface area contributed by atoms with E-state index in [9.17, 15) is 0 Å². The van der Waals surface area contributed by atoms with Crippen molar-refractivity contribution in [3.05, 3.63) is 33.8 Å². The van der Waals surface area contributed by atoms with Gasteiger partial charge in [-0.2, -0.15) is 0 Å². The van der Waals surface area contributed by atoms with E-state index in [4.69, 9.17) is 0 Å². The Morgan fingerprint density at radius 3 is 2.58 bits per heavy atom. The topological polar surface area (TPSA) is 12.0 Å². The summed E-state index contributed by atoms with van der Waals surface area (Å²) in [5.74, 6) is 0.947. The van der Waals surface area contributed by atoms with Gasteiger partial charge in [-0.3, -0.25) is 0 Å². The minimum atomic E-state index is 0.701. The molecule has 1 fully saturated rings. The zero-order chi connectivity index (χ0) is 13.2. The molecule has 0 spiro atoms. The molecule has 0 bridgehead atoms. The lowest BCUT2D eigenvalue weighted by Gasteiger charge is -2.33. The van der Waals surface area contributed by atoms with Crippen LogP contribution in [0.2, 0.25) is 0 Å². The molecular formula is C17H24BrN. The second kappa shape index (κ2) is 5.97. The van der Waals surface area contributed by atoms with Gasteiger partial charge >= 0.3 is 0 Å². The normalized spacial score (nSPS) is 30.9. The Bertz CT molecular complexity index is 435. The second-order valence-electron chi connectivity index (χ2n) is 6.48. The fraction of sp³-hybridized carbons (Fsp3) is 0.647. The van der Waals surface area contributed by atoms with Gasteiger partial charge in [0.1, 0.15) is 0 Å². The number of nitrogens with one attached hydrogen (secondary N) is 1. The zero-order valence-corrected chi connectivity index (χ0v) is 13.4. The van der Waals surface area contributed by atoms with Crippen molar-refractivity contribution < 1.29 is 0 Å². The van der Waals surface area contributed by atoms with Crippen LogP contribution in [-0.2, 0) is 12.8 Å². The molecule has 2 heteroatoms. The number of hydrogen-bond acceptors (Lipinski definition) is 1. The van der Waals surface area contributed by atoms with Gasteiger partial charge in [0.25, 0.3) is 0 Å². The maximum absolute atomic E-state index is 3.92. The largest absolute Gasteiger partial charge is 0.311 e. The molecule has 19 heavy (non-hydrogen) atoms. The Labute approximate surface area is 125 Å². The summed E-state index contributed by atoms with van der Waals surface area (Å²) in [6, 6.07) is 8.26. The van der Waals surface area contributed by atoms with E-state index < -0.39 is 0 Å². The summed E-state index contributed by atoms with van der Waals surface area (Å²) in [6.07, 6.45) is 9.33. The van der Waals surface area contributed by atoms with E-state index in [1.54, 1.807) is 11.1 Å². The molecule has 0 saturated heterocycles. The molecule has 0 heterocycles. The number of rotatable bonds is 2. The van der Waals surface area contributed by atoms with Gasteiger partial charge in [0.05, 0.1) is 0 Å².